The van der Waals surface area contributed by atoms with Gasteiger partial charge in [-0.3, -0.25) is 14.9 Å². The van der Waals surface area contributed by atoms with Crippen LogP contribution in [0.1, 0.15) is 41.6 Å². The molecule has 1 aliphatic heterocycles. The SMILES string of the molecule is COc1cc(C)c(NC(=O)c2ccc(N3CCCCCC3)c([N+](=O)[O-])c2)cc1OC. The van der Waals surface area contributed by atoms with Crippen molar-refractivity contribution in [1.82, 2.24) is 0 Å². The Morgan fingerprint density at radius 2 is 1.67 bits per heavy atom. The zero-order valence-corrected chi connectivity index (χ0v) is 17.6. The van der Waals surface area contributed by atoms with Crippen molar-refractivity contribution in [2.24, 2.45) is 0 Å². The number of anilines is 2. The molecule has 1 aliphatic rings. The summed E-state index contributed by atoms with van der Waals surface area (Å²) >= 11 is 0. The lowest BCUT2D eigenvalue weighted by Crippen LogP contribution is -2.25. The monoisotopic (exact) mass is 413 g/mol. The molecule has 3 rings (SSSR count). The number of hydrogen-bond acceptors (Lipinski definition) is 6. The van der Waals surface area contributed by atoms with Gasteiger partial charge in [0, 0.05) is 36.5 Å². The van der Waals surface area contributed by atoms with E-state index in [1.54, 1.807) is 31.4 Å². The lowest BCUT2D eigenvalue weighted by molar-refractivity contribution is -0.384. The summed E-state index contributed by atoms with van der Waals surface area (Å²) in [4.78, 5) is 26.2. The number of rotatable bonds is 6. The van der Waals surface area contributed by atoms with Crippen LogP contribution in [0.2, 0.25) is 0 Å². The van der Waals surface area contributed by atoms with Crippen LogP contribution in [-0.2, 0) is 0 Å². The van der Waals surface area contributed by atoms with Gasteiger partial charge in [0.1, 0.15) is 5.69 Å². The second kappa shape index (κ2) is 9.47. The number of nitrogens with one attached hydrogen (secondary N) is 1. The molecule has 8 nitrogen and oxygen atoms in total. The fraction of sp³-hybridized carbons (Fsp3) is 0.409. The van der Waals surface area contributed by atoms with Gasteiger partial charge in [-0.15, -0.1) is 0 Å². The number of aryl methyl sites for hydroxylation is 1. The van der Waals surface area contributed by atoms with E-state index in [9.17, 15) is 14.9 Å². The minimum atomic E-state index is -0.421. The summed E-state index contributed by atoms with van der Waals surface area (Å²) in [5.74, 6) is 0.627. The summed E-state index contributed by atoms with van der Waals surface area (Å²) in [6.07, 6.45) is 4.29. The minimum Gasteiger partial charge on any atom is -0.493 e. The second-order valence-electron chi connectivity index (χ2n) is 7.34. The Bertz CT molecular complexity index is 937. The second-order valence-corrected chi connectivity index (χ2v) is 7.34. The first-order chi connectivity index (χ1) is 14.4. The molecule has 1 fully saturated rings. The van der Waals surface area contributed by atoms with Crippen molar-refractivity contribution < 1.29 is 19.2 Å². The number of amides is 1. The van der Waals surface area contributed by atoms with E-state index in [0.717, 1.165) is 44.3 Å². The molecule has 0 radical (unpaired) electrons. The molecule has 1 N–H and O–H groups in total. The number of nitro benzene ring substituents is 1. The summed E-state index contributed by atoms with van der Waals surface area (Å²) in [5, 5.41) is 14.5. The van der Waals surface area contributed by atoms with Crippen molar-refractivity contribution in [3.63, 3.8) is 0 Å². The molecule has 2 aromatic carbocycles. The van der Waals surface area contributed by atoms with E-state index in [2.05, 4.69) is 5.32 Å². The summed E-state index contributed by atoms with van der Waals surface area (Å²) in [7, 11) is 3.06. The molecule has 1 saturated heterocycles. The average molecular weight is 413 g/mol. The number of hydrogen-bond donors (Lipinski definition) is 1. The van der Waals surface area contributed by atoms with Crippen LogP contribution in [0.3, 0.4) is 0 Å². The Labute approximate surface area is 175 Å². The molecule has 0 spiro atoms. The first kappa shape index (κ1) is 21.4. The van der Waals surface area contributed by atoms with Gasteiger partial charge >= 0.3 is 0 Å². The van der Waals surface area contributed by atoms with Crippen molar-refractivity contribution in [3.05, 3.63) is 51.6 Å². The van der Waals surface area contributed by atoms with E-state index in [0.29, 0.717) is 22.9 Å². The van der Waals surface area contributed by atoms with E-state index in [1.807, 2.05) is 11.8 Å². The number of carbonyl (C=O) groups is 1. The van der Waals surface area contributed by atoms with Crippen LogP contribution in [0.15, 0.2) is 30.3 Å². The molecule has 0 saturated carbocycles. The molecule has 0 aliphatic carbocycles. The Kier molecular flexibility index (Phi) is 6.76. The molecule has 1 heterocycles. The first-order valence-corrected chi connectivity index (χ1v) is 10.0. The van der Waals surface area contributed by atoms with E-state index >= 15 is 0 Å². The standard InChI is InChI=1S/C22H27N3O5/c1-15-12-20(29-2)21(30-3)14-17(15)23-22(26)16-8-9-18(19(13-16)25(27)28)24-10-6-4-5-7-11-24/h8-9,12-14H,4-7,10-11H2,1-3H3,(H,23,26). The Morgan fingerprint density at radius 3 is 2.27 bits per heavy atom. The van der Waals surface area contributed by atoms with Crippen molar-refractivity contribution in [2.45, 2.75) is 32.6 Å². The molecule has 0 atom stereocenters. The van der Waals surface area contributed by atoms with E-state index in [1.165, 1.54) is 13.2 Å². The molecular weight excluding hydrogens is 386 g/mol. The van der Waals surface area contributed by atoms with Crippen LogP contribution in [0, 0.1) is 17.0 Å². The maximum Gasteiger partial charge on any atom is 0.293 e. The predicted molar refractivity (Wildman–Crippen MR) is 116 cm³/mol. The summed E-state index contributed by atoms with van der Waals surface area (Å²) < 4.78 is 10.6. The summed E-state index contributed by atoms with van der Waals surface area (Å²) in [6, 6.07) is 8.11. The highest BCUT2D eigenvalue weighted by molar-refractivity contribution is 6.05. The number of ether oxygens (including phenoxy) is 2. The topological polar surface area (TPSA) is 93.9 Å². The maximum atomic E-state index is 12.8. The largest absolute Gasteiger partial charge is 0.493 e. The van der Waals surface area contributed by atoms with Crippen LogP contribution in [0.5, 0.6) is 11.5 Å². The van der Waals surface area contributed by atoms with Crippen molar-refractivity contribution in [3.8, 4) is 11.5 Å². The lowest BCUT2D eigenvalue weighted by Gasteiger charge is -2.22. The maximum absolute atomic E-state index is 12.8. The highest BCUT2D eigenvalue weighted by atomic mass is 16.6. The van der Waals surface area contributed by atoms with Crippen LogP contribution >= 0.6 is 0 Å². The normalized spacial score (nSPS) is 14.0. The first-order valence-electron chi connectivity index (χ1n) is 10.0. The fourth-order valence-electron chi connectivity index (χ4n) is 3.70. The van der Waals surface area contributed by atoms with Gasteiger partial charge in [0.2, 0.25) is 0 Å². The van der Waals surface area contributed by atoms with Gasteiger partial charge in [0.05, 0.1) is 19.1 Å². The van der Waals surface area contributed by atoms with Crippen molar-refractivity contribution in [1.29, 1.82) is 0 Å². The minimum absolute atomic E-state index is 0.0476. The highest BCUT2D eigenvalue weighted by Crippen LogP contribution is 2.34. The third kappa shape index (κ3) is 4.64. The zero-order chi connectivity index (χ0) is 21.7. The summed E-state index contributed by atoms with van der Waals surface area (Å²) in [5.41, 5.74) is 2.09. The van der Waals surface area contributed by atoms with Crippen LogP contribution in [0.25, 0.3) is 0 Å². The van der Waals surface area contributed by atoms with Crippen molar-refractivity contribution >= 4 is 23.0 Å². The zero-order valence-electron chi connectivity index (χ0n) is 17.6. The Morgan fingerprint density at radius 1 is 1.03 bits per heavy atom. The Balaban J connectivity index is 1.88. The summed E-state index contributed by atoms with van der Waals surface area (Å²) in [6.45, 7) is 3.41. The van der Waals surface area contributed by atoms with Gasteiger partial charge in [-0.05, 0) is 43.5 Å². The lowest BCUT2D eigenvalue weighted by atomic mass is 10.1. The average Bonchev–Trinajstić information content (AvgIpc) is 3.03. The number of carbonyl (C=O) groups excluding carboxylic acids is 1. The quantitative estimate of drug-likeness (QED) is 0.551. The number of nitrogens with zero attached hydrogens (tertiary/aromatic N) is 2. The van der Waals surface area contributed by atoms with Gasteiger partial charge in [-0.2, -0.15) is 0 Å². The Hall–Kier alpha value is -3.29. The number of nitro groups is 1. The van der Waals surface area contributed by atoms with Gasteiger partial charge < -0.3 is 19.7 Å². The molecule has 1 amide bonds. The number of methoxy groups -OCH3 is 2. The molecule has 160 valence electrons. The van der Waals surface area contributed by atoms with Crippen LogP contribution in [-0.4, -0.2) is 38.1 Å². The van der Waals surface area contributed by atoms with Gasteiger partial charge in [-0.25, -0.2) is 0 Å². The highest BCUT2D eigenvalue weighted by Gasteiger charge is 2.23. The number of benzene rings is 2. The fourth-order valence-corrected chi connectivity index (χ4v) is 3.70. The molecular formula is C22H27N3O5. The van der Waals surface area contributed by atoms with Gasteiger partial charge in [-0.1, -0.05) is 12.8 Å². The van der Waals surface area contributed by atoms with E-state index in [4.69, 9.17) is 9.47 Å². The molecule has 0 bridgehead atoms. The van der Waals surface area contributed by atoms with E-state index < -0.39 is 10.8 Å². The van der Waals surface area contributed by atoms with Gasteiger partial charge in [0.25, 0.3) is 11.6 Å². The molecule has 0 aromatic heterocycles. The molecule has 8 heteroatoms. The molecule has 2 aromatic rings. The molecule has 30 heavy (non-hydrogen) atoms. The van der Waals surface area contributed by atoms with E-state index in [-0.39, 0.29) is 11.3 Å². The van der Waals surface area contributed by atoms with Crippen LogP contribution in [0.4, 0.5) is 17.1 Å². The van der Waals surface area contributed by atoms with Crippen molar-refractivity contribution in [2.75, 3.05) is 37.5 Å². The smallest absolute Gasteiger partial charge is 0.293 e. The predicted octanol–water partition coefficient (Wildman–Crippen LogP) is 4.55. The van der Waals surface area contributed by atoms with Crippen LogP contribution < -0.4 is 19.7 Å². The molecule has 0 unspecified atom stereocenters. The van der Waals surface area contributed by atoms with Gasteiger partial charge in [0.15, 0.2) is 11.5 Å². The third-order valence-electron chi connectivity index (χ3n) is 5.36. The third-order valence-corrected chi connectivity index (χ3v) is 5.36.